The van der Waals surface area contributed by atoms with Gasteiger partial charge in [0.25, 0.3) is 5.91 Å². The van der Waals surface area contributed by atoms with Crippen molar-refractivity contribution in [1.82, 2.24) is 14.9 Å². The molecular formula is C18H17F2N3O3S. The van der Waals surface area contributed by atoms with Crippen molar-refractivity contribution in [2.75, 3.05) is 0 Å². The number of halogens is 2. The Morgan fingerprint density at radius 2 is 2.07 bits per heavy atom. The van der Waals surface area contributed by atoms with Crippen LogP contribution in [-0.4, -0.2) is 22.1 Å². The van der Waals surface area contributed by atoms with Crippen molar-refractivity contribution in [3.05, 3.63) is 65.9 Å². The van der Waals surface area contributed by atoms with Crippen LogP contribution in [0.2, 0.25) is 0 Å². The molecule has 9 heteroatoms. The molecule has 0 spiro atoms. The minimum atomic E-state index is -2.86. The summed E-state index contributed by atoms with van der Waals surface area (Å²) in [5, 5.41) is 3.58. The summed E-state index contributed by atoms with van der Waals surface area (Å²) in [7, 11) is 1.91. The molecule has 6 nitrogen and oxygen atoms in total. The van der Waals surface area contributed by atoms with Crippen LogP contribution in [-0.2, 0) is 19.3 Å². The number of carbonyl (C=O) groups excluding carboxylic acids is 1. The molecule has 142 valence electrons. The van der Waals surface area contributed by atoms with Crippen LogP contribution in [0.25, 0.3) is 0 Å². The molecule has 0 radical (unpaired) electrons. The lowest BCUT2D eigenvalue weighted by Gasteiger charge is -2.06. The van der Waals surface area contributed by atoms with Gasteiger partial charge in [-0.2, -0.15) is 8.78 Å². The third kappa shape index (κ3) is 5.33. The van der Waals surface area contributed by atoms with Crippen LogP contribution in [0, 0.1) is 0 Å². The number of furan rings is 1. The number of hydrogen-bond acceptors (Lipinski definition) is 5. The second-order valence-corrected chi connectivity index (χ2v) is 6.52. The van der Waals surface area contributed by atoms with E-state index in [0.717, 1.165) is 10.7 Å². The van der Waals surface area contributed by atoms with Crippen molar-refractivity contribution in [3.8, 4) is 5.75 Å². The van der Waals surface area contributed by atoms with Gasteiger partial charge in [-0.05, 0) is 29.8 Å². The molecule has 1 N–H and O–H groups in total. The molecule has 0 unspecified atom stereocenters. The number of aryl methyl sites for hydroxylation is 1. The van der Waals surface area contributed by atoms with Crippen molar-refractivity contribution in [2.24, 2.45) is 7.05 Å². The maximum Gasteiger partial charge on any atom is 0.387 e. The van der Waals surface area contributed by atoms with Crippen molar-refractivity contribution in [2.45, 2.75) is 24.1 Å². The summed E-state index contributed by atoms with van der Waals surface area (Å²) in [6, 6.07) is 9.43. The molecule has 2 heterocycles. The van der Waals surface area contributed by atoms with Gasteiger partial charge >= 0.3 is 6.61 Å². The number of nitrogens with one attached hydrogen (secondary N) is 1. The fourth-order valence-corrected chi connectivity index (χ4v) is 3.09. The normalized spacial score (nSPS) is 11.0. The standard InChI is InChI=1S/C18H17F2N3O3S/c1-23-9-8-21-18(23)27-11-14-6-7-15(25-14)16(24)22-10-12-2-4-13(5-3-12)26-17(19)20/h2-9,17H,10-11H2,1H3,(H,22,24). The highest BCUT2D eigenvalue weighted by Crippen LogP contribution is 2.22. The highest BCUT2D eigenvalue weighted by Gasteiger charge is 2.12. The number of carbonyl (C=O) groups is 1. The van der Waals surface area contributed by atoms with Crippen LogP contribution in [0.5, 0.6) is 5.75 Å². The van der Waals surface area contributed by atoms with Crippen LogP contribution in [0.3, 0.4) is 0 Å². The SMILES string of the molecule is Cn1ccnc1SCc1ccc(C(=O)NCc2ccc(OC(F)F)cc2)o1. The largest absolute Gasteiger partial charge is 0.455 e. The fourth-order valence-electron chi connectivity index (χ4n) is 2.26. The number of hydrogen-bond donors (Lipinski definition) is 1. The van der Waals surface area contributed by atoms with E-state index in [9.17, 15) is 13.6 Å². The van der Waals surface area contributed by atoms with E-state index in [1.165, 1.54) is 23.9 Å². The smallest absolute Gasteiger partial charge is 0.387 e. The zero-order chi connectivity index (χ0) is 19.2. The quantitative estimate of drug-likeness (QED) is 0.589. The van der Waals surface area contributed by atoms with E-state index in [1.54, 1.807) is 30.5 Å². The molecular weight excluding hydrogens is 376 g/mol. The molecule has 3 aromatic rings. The lowest BCUT2D eigenvalue weighted by atomic mass is 10.2. The first kappa shape index (κ1) is 19.0. The molecule has 0 aliphatic rings. The van der Waals surface area contributed by atoms with Gasteiger partial charge in [0.05, 0.1) is 5.75 Å². The van der Waals surface area contributed by atoms with E-state index in [2.05, 4.69) is 15.0 Å². The van der Waals surface area contributed by atoms with Crippen LogP contribution in [0.4, 0.5) is 8.78 Å². The number of alkyl halides is 2. The van der Waals surface area contributed by atoms with Crippen LogP contribution >= 0.6 is 11.8 Å². The number of ether oxygens (including phenoxy) is 1. The highest BCUT2D eigenvalue weighted by atomic mass is 32.2. The van der Waals surface area contributed by atoms with E-state index < -0.39 is 6.61 Å². The first-order valence-electron chi connectivity index (χ1n) is 8.02. The number of nitrogens with zero attached hydrogens (tertiary/aromatic N) is 2. The zero-order valence-electron chi connectivity index (χ0n) is 14.4. The molecule has 27 heavy (non-hydrogen) atoms. The van der Waals surface area contributed by atoms with E-state index in [4.69, 9.17) is 4.42 Å². The summed E-state index contributed by atoms with van der Waals surface area (Å²) < 4.78 is 36.0. The molecule has 3 rings (SSSR count). The Kier molecular flexibility index (Phi) is 6.12. The van der Waals surface area contributed by atoms with Crippen molar-refractivity contribution in [3.63, 3.8) is 0 Å². The summed E-state index contributed by atoms with van der Waals surface area (Å²) in [5.41, 5.74) is 0.752. The molecule has 0 bridgehead atoms. The van der Waals surface area contributed by atoms with Gasteiger partial charge in [0.1, 0.15) is 11.5 Å². The topological polar surface area (TPSA) is 69.3 Å². The third-order valence-electron chi connectivity index (χ3n) is 3.61. The van der Waals surface area contributed by atoms with E-state index in [1.807, 2.05) is 17.8 Å². The minimum Gasteiger partial charge on any atom is -0.455 e. The molecule has 0 saturated heterocycles. The Bertz CT molecular complexity index is 893. The van der Waals surface area contributed by atoms with Gasteiger partial charge in [-0.1, -0.05) is 23.9 Å². The maximum absolute atomic E-state index is 12.2. The molecule has 1 aromatic carbocycles. The lowest BCUT2D eigenvalue weighted by Crippen LogP contribution is -2.22. The van der Waals surface area contributed by atoms with E-state index >= 15 is 0 Å². The monoisotopic (exact) mass is 393 g/mol. The second kappa shape index (κ2) is 8.72. The van der Waals surface area contributed by atoms with Crippen molar-refractivity contribution in [1.29, 1.82) is 0 Å². The van der Waals surface area contributed by atoms with Crippen molar-refractivity contribution < 1.29 is 22.7 Å². The molecule has 0 fully saturated rings. The van der Waals surface area contributed by atoms with Crippen molar-refractivity contribution >= 4 is 17.7 Å². The summed E-state index contributed by atoms with van der Waals surface area (Å²) in [5.74, 6) is 1.16. The van der Waals surface area contributed by atoms with Gasteiger partial charge in [-0.25, -0.2) is 4.98 Å². The lowest BCUT2D eigenvalue weighted by molar-refractivity contribution is -0.0498. The first-order chi connectivity index (χ1) is 13.0. The predicted molar refractivity (Wildman–Crippen MR) is 95.7 cm³/mol. The molecule has 0 saturated carbocycles. The van der Waals surface area contributed by atoms with Gasteiger partial charge in [-0.3, -0.25) is 4.79 Å². The average Bonchev–Trinajstić information content (AvgIpc) is 3.27. The van der Waals surface area contributed by atoms with Crippen LogP contribution < -0.4 is 10.1 Å². The number of amides is 1. The Balaban J connectivity index is 1.49. The van der Waals surface area contributed by atoms with Gasteiger partial charge in [-0.15, -0.1) is 0 Å². The Morgan fingerprint density at radius 3 is 2.74 bits per heavy atom. The summed E-state index contributed by atoms with van der Waals surface area (Å²) in [6.07, 6.45) is 3.57. The Labute approximate surface area is 158 Å². The zero-order valence-corrected chi connectivity index (χ0v) is 15.2. The number of aromatic nitrogens is 2. The summed E-state index contributed by atoms with van der Waals surface area (Å²) >= 11 is 1.51. The van der Waals surface area contributed by atoms with Gasteiger partial charge < -0.3 is 19.0 Å². The maximum atomic E-state index is 12.2. The fraction of sp³-hybridized carbons (Fsp3) is 0.222. The molecule has 0 aliphatic heterocycles. The summed E-state index contributed by atoms with van der Waals surface area (Å²) in [6.45, 7) is -2.62. The van der Waals surface area contributed by atoms with Gasteiger partial charge in [0.2, 0.25) is 0 Å². The molecule has 0 atom stereocenters. The van der Waals surface area contributed by atoms with E-state index in [-0.39, 0.29) is 24.0 Å². The van der Waals surface area contributed by atoms with Crippen LogP contribution in [0.15, 0.2) is 58.4 Å². The second-order valence-electron chi connectivity index (χ2n) is 5.58. The highest BCUT2D eigenvalue weighted by molar-refractivity contribution is 7.98. The number of thioether (sulfide) groups is 1. The number of benzene rings is 1. The summed E-state index contributed by atoms with van der Waals surface area (Å²) in [4.78, 5) is 16.4. The molecule has 0 aliphatic carbocycles. The Morgan fingerprint density at radius 1 is 1.30 bits per heavy atom. The average molecular weight is 393 g/mol. The van der Waals surface area contributed by atoms with Gasteiger partial charge in [0, 0.05) is 26.0 Å². The Hall–Kier alpha value is -2.81. The molecule has 1 amide bonds. The first-order valence-corrected chi connectivity index (χ1v) is 9.00. The number of imidazole rings is 1. The number of rotatable bonds is 8. The molecule has 2 aromatic heterocycles. The van der Waals surface area contributed by atoms with Crippen LogP contribution in [0.1, 0.15) is 21.9 Å². The third-order valence-corrected chi connectivity index (χ3v) is 4.69. The minimum absolute atomic E-state index is 0.0703. The van der Waals surface area contributed by atoms with E-state index in [0.29, 0.717) is 11.5 Å². The predicted octanol–water partition coefficient (Wildman–Crippen LogP) is 3.84. The van der Waals surface area contributed by atoms with Gasteiger partial charge in [0.15, 0.2) is 10.9 Å².